The summed E-state index contributed by atoms with van der Waals surface area (Å²) in [5, 5.41) is 0. The second-order valence-electron chi connectivity index (χ2n) is 7.32. The molecule has 2 fully saturated rings. The molecule has 2 aliphatic rings. The Morgan fingerprint density at radius 1 is 1.29 bits per heavy atom. The van der Waals surface area contributed by atoms with Gasteiger partial charge in [-0.1, -0.05) is 32.9 Å². The van der Waals surface area contributed by atoms with Crippen LogP contribution in [0.4, 0.5) is 5.69 Å². The van der Waals surface area contributed by atoms with Crippen LogP contribution in [0.25, 0.3) is 0 Å². The second-order valence-corrected chi connectivity index (χ2v) is 7.32. The Hall–Kier alpha value is -1.06. The van der Waals surface area contributed by atoms with Gasteiger partial charge in [-0.15, -0.1) is 0 Å². The van der Waals surface area contributed by atoms with E-state index in [0.29, 0.717) is 12.0 Å². The van der Waals surface area contributed by atoms with Crippen LogP contribution in [-0.2, 0) is 11.2 Å². The molecule has 3 unspecified atom stereocenters. The van der Waals surface area contributed by atoms with E-state index in [2.05, 4.69) is 57.0 Å². The van der Waals surface area contributed by atoms with Crippen molar-refractivity contribution in [3.05, 3.63) is 29.8 Å². The number of fused-ring (bicyclic) bond motifs is 1. The first-order chi connectivity index (χ1) is 9.90. The van der Waals surface area contributed by atoms with E-state index in [1.165, 1.54) is 11.3 Å². The molecule has 21 heavy (non-hydrogen) atoms. The predicted octanol–water partition coefficient (Wildman–Crippen LogP) is 2.83. The maximum absolute atomic E-state index is 6.84. The first kappa shape index (κ1) is 14.9. The summed E-state index contributed by atoms with van der Waals surface area (Å²) in [6.07, 6.45) is 2.53. The van der Waals surface area contributed by atoms with Gasteiger partial charge in [-0.2, -0.15) is 0 Å². The fraction of sp³-hybridized carbons (Fsp3) is 0.667. The van der Waals surface area contributed by atoms with Crippen LogP contribution < -0.4 is 10.6 Å². The minimum absolute atomic E-state index is 0.0474. The third kappa shape index (κ3) is 2.09. The number of nitrogens with two attached hydrogens (primary N) is 1. The Morgan fingerprint density at radius 2 is 1.95 bits per heavy atom. The molecule has 1 aromatic rings. The molecule has 1 aliphatic heterocycles. The first-order valence-corrected chi connectivity index (χ1v) is 8.10. The highest BCUT2D eigenvalue weighted by molar-refractivity contribution is 5.48. The van der Waals surface area contributed by atoms with Gasteiger partial charge in [0, 0.05) is 42.8 Å². The average molecular weight is 288 g/mol. The Bertz CT molecular complexity index is 510. The number of aryl methyl sites for hydroxylation is 1. The van der Waals surface area contributed by atoms with Crippen molar-refractivity contribution in [3.8, 4) is 0 Å². The van der Waals surface area contributed by atoms with Gasteiger partial charge in [0.1, 0.15) is 0 Å². The molecule has 1 heterocycles. The van der Waals surface area contributed by atoms with E-state index < -0.39 is 0 Å². The van der Waals surface area contributed by atoms with E-state index in [4.69, 9.17) is 10.5 Å². The third-order valence-electron chi connectivity index (χ3n) is 5.95. The van der Waals surface area contributed by atoms with Crippen LogP contribution in [-0.4, -0.2) is 31.8 Å². The normalized spacial score (nSPS) is 33.4. The molecule has 0 amide bonds. The number of hydrogen-bond acceptors (Lipinski definition) is 3. The summed E-state index contributed by atoms with van der Waals surface area (Å²) in [5.74, 6) is 0.505. The van der Waals surface area contributed by atoms with Gasteiger partial charge in [-0.05, 0) is 30.5 Å². The number of hydrogen-bond donors (Lipinski definition) is 1. The highest BCUT2D eigenvalue weighted by Crippen LogP contribution is 2.58. The number of rotatable bonds is 4. The summed E-state index contributed by atoms with van der Waals surface area (Å²) in [4.78, 5) is 2.30. The lowest BCUT2D eigenvalue weighted by Crippen LogP contribution is -2.78. The van der Waals surface area contributed by atoms with Gasteiger partial charge >= 0.3 is 0 Å². The summed E-state index contributed by atoms with van der Waals surface area (Å²) in [5.41, 5.74) is 9.35. The predicted molar refractivity (Wildman–Crippen MR) is 87.6 cm³/mol. The van der Waals surface area contributed by atoms with Crippen LogP contribution in [0.1, 0.15) is 32.8 Å². The SMILES string of the molecule is CCc1ccc(N(C)CC2(N)C3CCOC3C2(C)C)cc1. The fourth-order valence-corrected chi connectivity index (χ4v) is 4.27. The number of ether oxygens (including phenoxy) is 1. The van der Waals surface area contributed by atoms with Crippen molar-refractivity contribution in [2.75, 3.05) is 25.1 Å². The number of anilines is 1. The van der Waals surface area contributed by atoms with E-state index in [1.54, 1.807) is 0 Å². The summed E-state index contributed by atoms with van der Waals surface area (Å²) >= 11 is 0. The van der Waals surface area contributed by atoms with Gasteiger partial charge in [-0.25, -0.2) is 0 Å². The monoisotopic (exact) mass is 288 g/mol. The molecule has 1 saturated heterocycles. The Kier molecular flexibility index (Phi) is 3.53. The van der Waals surface area contributed by atoms with Gasteiger partial charge in [0.15, 0.2) is 0 Å². The first-order valence-electron chi connectivity index (χ1n) is 8.10. The molecule has 3 rings (SSSR count). The van der Waals surface area contributed by atoms with Crippen LogP contribution in [0.5, 0.6) is 0 Å². The summed E-state index contributed by atoms with van der Waals surface area (Å²) in [6, 6.07) is 8.83. The van der Waals surface area contributed by atoms with Crippen LogP contribution in [0, 0.1) is 11.3 Å². The van der Waals surface area contributed by atoms with Crippen molar-refractivity contribution in [1.82, 2.24) is 0 Å². The van der Waals surface area contributed by atoms with Gasteiger partial charge < -0.3 is 15.4 Å². The lowest BCUT2D eigenvalue weighted by atomic mass is 9.48. The molecular formula is C18H28N2O. The minimum Gasteiger partial charge on any atom is -0.377 e. The summed E-state index contributed by atoms with van der Waals surface area (Å²) < 4.78 is 5.88. The minimum atomic E-state index is -0.160. The van der Waals surface area contributed by atoms with Crippen molar-refractivity contribution < 1.29 is 4.74 Å². The Morgan fingerprint density at radius 3 is 2.57 bits per heavy atom. The van der Waals surface area contributed by atoms with E-state index in [0.717, 1.165) is 26.0 Å². The highest BCUT2D eigenvalue weighted by atomic mass is 16.5. The zero-order valence-electron chi connectivity index (χ0n) is 13.7. The molecule has 3 heteroatoms. The molecule has 0 bridgehead atoms. The number of benzene rings is 1. The topological polar surface area (TPSA) is 38.5 Å². The lowest BCUT2D eigenvalue weighted by molar-refractivity contribution is -0.150. The quantitative estimate of drug-likeness (QED) is 0.926. The summed E-state index contributed by atoms with van der Waals surface area (Å²) in [6.45, 7) is 8.45. The van der Waals surface area contributed by atoms with Gasteiger partial charge in [0.25, 0.3) is 0 Å². The standard InChI is InChI=1S/C18H28N2O/c1-5-13-6-8-14(9-7-13)20(4)12-18(19)15-10-11-21-16(15)17(18,2)3/h6-9,15-16H,5,10-12,19H2,1-4H3. The van der Waals surface area contributed by atoms with Crippen LogP contribution in [0.15, 0.2) is 24.3 Å². The van der Waals surface area contributed by atoms with Gasteiger partial charge in [-0.3, -0.25) is 0 Å². The Balaban J connectivity index is 1.75. The van der Waals surface area contributed by atoms with Crippen LogP contribution in [0.3, 0.4) is 0 Å². The fourth-order valence-electron chi connectivity index (χ4n) is 4.27. The lowest BCUT2D eigenvalue weighted by Gasteiger charge is -2.63. The molecule has 2 N–H and O–H groups in total. The molecule has 1 saturated carbocycles. The van der Waals surface area contributed by atoms with E-state index >= 15 is 0 Å². The van der Waals surface area contributed by atoms with Crippen molar-refractivity contribution in [2.45, 2.75) is 45.3 Å². The zero-order valence-corrected chi connectivity index (χ0v) is 13.7. The van der Waals surface area contributed by atoms with E-state index in [-0.39, 0.29) is 11.0 Å². The molecule has 1 aromatic carbocycles. The van der Waals surface area contributed by atoms with Gasteiger partial charge in [0.2, 0.25) is 0 Å². The van der Waals surface area contributed by atoms with Crippen molar-refractivity contribution in [2.24, 2.45) is 17.1 Å². The average Bonchev–Trinajstić information content (AvgIpc) is 2.96. The Labute approximate surface area is 128 Å². The second kappa shape index (κ2) is 4.99. The third-order valence-corrected chi connectivity index (χ3v) is 5.95. The molecule has 0 spiro atoms. The maximum Gasteiger partial charge on any atom is 0.0691 e. The van der Waals surface area contributed by atoms with E-state index in [9.17, 15) is 0 Å². The van der Waals surface area contributed by atoms with E-state index in [1.807, 2.05) is 0 Å². The molecule has 0 radical (unpaired) electrons. The summed E-state index contributed by atoms with van der Waals surface area (Å²) in [7, 11) is 2.15. The molecule has 3 nitrogen and oxygen atoms in total. The number of likely N-dealkylation sites (N-methyl/N-ethyl adjacent to an activating group) is 1. The largest absolute Gasteiger partial charge is 0.377 e. The molecule has 116 valence electrons. The highest BCUT2D eigenvalue weighted by Gasteiger charge is 2.67. The van der Waals surface area contributed by atoms with Crippen molar-refractivity contribution in [3.63, 3.8) is 0 Å². The van der Waals surface area contributed by atoms with Crippen LogP contribution >= 0.6 is 0 Å². The molecular weight excluding hydrogens is 260 g/mol. The molecule has 3 atom stereocenters. The van der Waals surface area contributed by atoms with Crippen LogP contribution in [0.2, 0.25) is 0 Å². The zero-order chi connectivity index (χ0) is 15.3. The smallest absolute Gasteiger partial charge is 0.0691 e. The molecule has 1 aliphatic carbocycles. The maximum atomic E-state index is 6.84. The van der Waals surface area contributed by atoms with Crippen molar-refractivity contribution >= 4 is 5.69 Å². The van der Waals surface area contributed by atoms with Gasteiger partial charge in [0.05, 0.1) is 6.10 Å². The molecule has 0 aromatic heterocycles. The van der Waals surface area contributed by atoms with Crippen molar-refractivity contribution in [1.29, 1.82) is 0 Å². The number of nitrogens with zero attached hydrogens (tertiary/aromatic N) is 1.